The Bertz CT molecular complexity index is 924. The number of aromatic nitrogens is 2. The molecule has 0 radical (unpaired) electrons. The van der Waals surface area contributed by atoms with E-state index in [-0.39, 0.29) is 11.6 Å². The number of halogens is 1. The second kappa shape index (κ2) is 9.33. The third kappa shape index (κ3) is 5.30. The first kappa shape index (κ1) is 19.8. The Balaban J connectivity index is 1.56. The summed E-state index contributed by atoms with van der Waals surface area (Å²) in [6.45, 7) is 4.90. The lowest BCUT2D eigenvalue weighted by molar-refractivity contribution is 0.102. The summed E-state index contributed by atoms with van der Waals surface area (Å²) in [7, 11) is 0. The third-order valence-electron chi connectivity index (χ3n) is 4.35. The predicted octanol–water partition coefficient (Wildman–Crippen LogP) is 5.16. The number of nitrogens with zero attached hydrogens (tertiary/aromatic N) is 2. The average Bonchev–Trinajstić information content (AvgIpc) is 2.70. The van der Waals surface area contributed by atoms with Gasteiger partial charge in [-0.15, -0.1) is 0 Å². The quantitative estimate of drug-likeness (QED) is 0.580. The minimum absolute atomic E-state index is 0.270. The van der Waals surface area contributed by atoms with Crippen LogP contribution < -0.4 is 10.6 Å². The predicted molar refractivity (Wildman–Crippen MR) is 114 cm³/mol. The minimum Gasteiger partial charge on any atom is -0.368 e. The molecule has 1 heterocycles. The van der Waals surface area contributed by atoms with Crippen LogP contribution in [0.2, 0.25) is 5.02 Å². The van der Waals surface area contributed by atoms with Crippen molar-refractivity contribution in [3.63, 3.8) is 0 Å². The fourth-order valence-corrected chi connectivity index (χ4v) is 2.95. The number of para-hydroxylation sites is 1. The van der Waals surface area contributed by atoms with Gasteiger partial charge in [0.25, 0.3) is 5.91 Å². The molecule has 1 aromatic heterocycles. The van der Waals surface area contributed by atoms with Gasteiger partial charge in [-0.3, -0.25) is 4.79 Å². The van der Waals surface area contributed by atoms with Gasteiger partial charge < -0.3 is 10.6 Å². The molecule has 3 aromatic rings. The van der Waals surface area contributed by atoms with Gasteiger partial charge in [0, 0.05) is 17.3 Å². The molecule has 28 heavy (non-hydrogen) atoms. The van der Waals surface area contributed by atoms with Crippen molar-refractivity contribution in [1.29, 1.82) is 0 Å². The molecule has 2 N–H and O–H groups in total. The van der Waals surface area contributed by atoms with Gasteiger partial charge in [-0.2, -0.15) is 0 Å². The molecule has 0 bridgehead atoms. The number of hydrogen-bond acceptors (Lipinski definition) is 4. The highest BCUT2D eigenvalue weighted by molar-refractivity contribution is 6.30. The SMILES string of the molecule is CC(C)c1ccccc1NC(=O)c1cnc(NCCc2ccc(Cl)cc2)cn1. The summed E-state index contributed by atoms with van der Waals surface area (Å²) in [5.74, 6) is 0.677. The van der Waals surface area contributed by atoms with Crippen LogP contribution in [0.4, 0.5) is 11.5 Å². The van der Waals surface area contributed by atoms with E-state index in [2.05, 4.69) is 34.4 Å². The average molecular weight is 395 g/mol. The van der Waals surface area contributed by atoms with Gasteiger partial charge in [-0.05, 0) is 41.7 Å². The molecule has 2 aromatic carbocycles. The first-order valence-electron chi connectivity index (χ1n) is 9.23. The molecule has 5 nitrogen and oxygen atoms in total. The summed E-state index contributed by atoms with van der Waals surface area (Å²) in [5, 5.41) is 6.86. The lowest BCUT2D eigenvalue weighted by Crippen LogP contribution is -2.16. The molecule has 0 atom stereocenters. The van der Waals surface area contributed by atoms with Crippen molar-refractivity contribution < 1.29 is 4.79 Å². The Morgan fingerprint density at radius 1 is 1.04 bits per heavy atom. The maximum Gasteiger partial charge on any atom is 0.275 e. The van der Waals surface area contributed by atoms with Crippen LogP contribution in [0.15, 0.2) is 60.9 Å². The maximum absolute atomic E-state index is 12.5. The van der Waals surface area contributed by atoms with Crippen molar-refractivity contribution in [2.75, 3.05) is 17.2 Å². The number of amides is 1. The van der Waals surface area contributed by atoms with Crippen molar-refractivity contribution in [1.82, 2.24) is 9.97 Å². The standard InChI is InChI=1S/C22H23ClN4O/c1-15(2)18-5-3-4-6-19(18)27-22(28)20-13-26-21(14-25-20)24-12-11-16-7-9-17(23)10-8-16/h3-10,13-15H,11-12H2,1-2H3,(H,24,26)(H,27,28). The largest absolute Gasteiger partial charge is 0.368 e. The van der Waals surface area contributed by atoms with E-state index in [1.807, 2.05) is 48.5 Å². The molecule has 0 aliphatic carbocycles. The van der Waals surface area contributed by atoms with Crippen LogP contribution in [-0.4, -0.2) is 22.4 Å². The minimum atomic E-state index is -0.270. The summed E-state index contributed by atoms with van der Waals surface area (Å²) >= 11 is 5.89. The Kier molecular flexibility index (Phi) is 6.61. The smallest absolute Gasteiger partial charge is 0.275 e. The highest BCUT2D eigenvalue weighted by Gasteiger charge is 2.12. The molecular formula is C22H23ClN4O. The van der Waals surface area contributed by atoms with Gasteiger partial charge in [0.15, 0.2) is 0 Å². The fraction of sp³-hybridized carbons (Fsp3) is 0.227. The number of benzene rings is 2. The Morgan fingerprint density at radius 2 is 1.79 bits per heavy atom. The van der Waals surface area contributed by atoms with E-state index in [1.54, 1.807) is 6.20 Å². The van der Waals surface area contributed by atoms with E-state index in [1.165, 1.54) is 11.8 Å². The van der Waals surface area contributed by atoms with Crippen LogP contribution in [-0.2, 0) is 6.42 Å². The van der Waals surface area contributed by atoms with Gasteiger partial charge in [0.05, 0.1) is 12.4 Å². The number of carbonyl (C=O) groups excluding carboxylic acids is 1. The summed E-state index contributed by atoms with van der Waals surface area (Å²) < 4.78 is 0. The van der Waals surface area contributed by atoms with E-state index in [9.17, 15) is 4.79 Å². The molecule has 0 aliphatic heterocycles. The highest BCUT2D eigenvalue weighted by atomic mass is 35.5. The lowest BCUT2D eigenvalue weighted by atomic mass is 10.0. The monoisotopic (exact) mass is 394 g/mol. The van der Waals surface area contributed by atoms with E-state index >= 15 is 0 Å². The van der Waals surface area contributed by atoms with E-state index in [4.69, 9.17) is 11.6 Å². The lowest BCUT2D eigenvalue weighted by Gasteiger charge is -2.13. The summed E-state index contributed by atoms with van der Waals surface area (Å²) in [5.41, 5.74) is 3.35. The number of rotatable bonds is 7. The Labute approximate surface area is 170 Å². The molecular weight excluding hydrogens is 372 g/mol. The Hall–Kier alpha value is -2.92. The number of carbonyl (C=O) groups is 1. The maximum atomic E-state index is 12.5. The van der Waals surface area contributed by atoms with Gasteiger partial charge in [0.2, 0.25) is 0 Å². The first-order valence-corrected chi connectivity index (χ1v) is 9.61. The summed E-state index contributed by atoms with van der Waals surface area (Å²) in [6, 6.07) is 15.5. The second-order valence-electron chi connectivity index (χ2n) is 6.79. The zero-order chi connectivity index (χ0) is 19.9. The fourth-order valence-electron chi connectivity index (χ4n) is 2.82. The molecule has 0 saturated carbocycles. The third-order valence-corrected chi connectivity index (χ3v) is 4.60. The molecule has 0 saturated heterocycles. The van der Waals surface area contributed by atoms with E-state index in [0.717, 1.165) is 22.7 Å². The van der Waals surface area contributed by atoms with Crippen LogP contribution >= 0.6 is 11.6 Å². The van der Waals surface area contributed by atoms with Gasteiger partial charge in [-0.1, -0.05) is 55.8 Å². The van der Waals surface area contributed by atoms with Crippen LogP contribution in [0.5, 0.6) is 0 Å². The van der Waals surface area contributed by atoms with Crippen LogP contribution in [0.1, 0.15) is 41.4 Å². The van der Waals surface area contributed by atoms with Gasteiger partial charge in [-0.25, -0.2) is 9.97 Å². The molecule has 1 amide bonds. The summed E-state index contributed by atoms with van der Waals surface area (Å²) in [6.07, 6.45) is 3.90. The number of hydrogen-bond donors (Lipinski definition) is 2. The summed E-state index contributed by atoms with van der Waals surface area (Å²) in [4.78, 5) is 21.0. The molecule has 0 spiro atoms. The van der Waals surface area contributed by atoms with Crippen LogP contribution in [0.3, 0.4) is 0 Å². The Morgan fingerprint density at radius 3 is 2.46 bits per heavy atom. The molecule has 6 heteroatoms. The number of nitrogens with one attached hydrogen (secondary N) is 2. The first-order chi connectivity index (χ1) is 13.5. The molecule has 3 rings (SSSR count). The van der Waals surface area contributed by atoms with Crippen molar-refractivity contribution in [3.8, 4) is 0 Å². The van der Waals surface area contributed by atoms with E-state index in [0.29, 0.717) is 18.3 Å². The van der Waals surface area contributed by atoms with Crippen molar-refractivity contribution >= 4 is 29.0 Å². The molecule has 0 fully saturated rings. The van der Waals surface area contributed by atoms with Gasteiger partial charge in [0.1, 0.15) is 11.5 Å². The molecule has 144 valence electrons. The topological polar surface area (TPSA) is 66.9 Å². The van der Waals surface area contributed by atoms with Crippen molar-refractivity contribution in [3.05, 3.63) is 82.8 Å². The highest BCUT2D eigenvalue weighted by Crippen LogP contribution is 2.24. The zero-order valence-corrected chi connectivity index (χ0v) is 16.7. The van der Waals surface area contributed by atoms with Crippen LogP contribution in [0, 0.1) is 0 Å². The van der Waals surface area contributed by atoms with Gasteiger partial charge >= 0.3 is 0 Å². The number of anilines is 2. The normalized spacial score (nSPS) is 10.7. The van der Waals surface area contributed by atoms with Crippen LogP contribution in [0.25, 0.3) is 0 Å². The molecule has 0 aliphatic rings. The van der Waals surface area contributed by atoms with E-state index < -0.39 is 0 Å². The second-order valence-corrected chi connectivity index (χ2v) is 7.22. The van der Waals surface area contributed by atoms with Crippen molar-refractivity contribution in [2.24, 2.45) is 0 Å². The molecule has 0 unspecified atom stereocenters. The van der Waals surface area contributed by atoms with Crippen molar-refractivity contribution in [2.45, 2.75) is 26.2 Å². The zero-order valence-electron chi connectivity index (χ0n) is 15.9.